The van der Waals surface area contributed by atoms with Crippen molar-refractivity contribution in [3.63, 3.8) is 0 Å². The molecule has 0 radical (unpaired) electrons. The number of hydrogen-bond donors (Lipinski definition) is 1. The molecule has 1 aliphatic heterocycles. The van der Waals surface area contributed by atoms with Crippen molar-refractivity contribution in [1.82, 2.24) is 14.8 Å². The van der Waals surface area contributed by atoms with Crippen molar-refractivity contribution in [2.75, 3.05) is 22.6 Å². The van der Waals surface area contributed by atoms with E-state index >= 15 is 0 Å². The lowest BCUT2D eigenvalue weighted by Gasteiger charge is -2.33. The summed E-state index contributed by atoms with van der Waals surface area (Å²) in [4.78, 5) is 26.8. The zero-order valence-corrected chi connectivity index (χ0v) is 19.3. The minimum atomic E-state index is -0.345. The first kappa shape index (κ1) is 21.9. The molecule has 1 aliphatic rings. The second kappa shape index (κ2) is 9.04. The van der Waals surface area contributed by atoms with E-state index in [2.05, 4.69) is 15.5 Å². The Labute approximate surface area is 191 Å². The first-order valence-electron chi connectivity index (χ1n) is 10.3. The average Bonchev–Trinajstić information content (AvgIpc) is 3.14. The highest BCUT2D eigenvalue weighted by Crippen LogP contribution is 2.37. The molecule has 9 heteroatoms. The summed E-state index contributed by atoms with van der Waals surface area (Å²) in [5.74, 6) is 1.25. The van der Waals surface area contributed by atoms with Crippen LogP contribution in [0.5, 0.6) is 5.75 Å². The highest BCUT2D eigenvalue weighted by Gasteiger charge is 2.32. The standard InChI is InChI=1S/C23H25N5O3S/c1-14-8-7-9-15(2)21(14)24-19(29)13-32-23-26-25-22(27(23)4)16(3)28-17-10-5-6-11-18(17)31-12-20(28)30/h5-11,16H,12-13H2,1-4H3,(H,24,29). The number of anilines is 2. The van der Waals surface area contributed by atoms with E-state index in [1.54, 1.807) is 4.90 Å². The molecule has 32 heavy (non-hydrogen) atoms. The molecule has 166 valence electrons. The highest BCUT2D eigenvalue weighted by molar-refractivity contribution is 7.99. The second-order valence-electron chi connectivity index (χ2n) is 7.70. The molecular weight excluding hydrogens is 426 g/mol. The molecule has 2 amide bonds. The Morgan fingerprint density at radius 1 is 1.16 bits per heavy atom. The number of carbonyl (C=O) groups is 2. The predicted molar refractivity (Wildman–Crippen MR) is 124 cm³/mol. The van der Waals surface area contributed by atoms with Crippen LogP contribution in [0.1, 0.15) is 29.9 Å². The maximum absolute atomic E-state index is 12.6. The number of carbonyl (C=O) groups excluding carboxylic acids is 2. The topological polar surface area (TPSA) is 89.3 Å². The first-order valence-corrected chi connectivity index (χ1v) is 11.3. The Bertz CT molecular complexity index is 1160. The maximum Gasteiger partial charge on any atom is 0.265 e. The zero-order chi connectivity index (χ0) is 22.8. The van der Waals surface area contributed by atoms with E-state index in [4.69, 9.17) is 4.74 Å². The van der Waals surface area contributed by atoms with Gasteiger partial charge in [0.25, 0.3) is 5.91 Å². The summed E-state index contributed by atoms with van der Waals surface area (Å²) in [7, 11) is 1.84. The lowest BCUT2D eigenvalue weighted by Crippen LogP contribution is -2.41. The Morgan fingerprint density at radius 3 is 2.62 bits per heavy atom. The number of ether oxygens (including phenoxy) is 1. The molecule has 0 saturated carbocycles. The van der Waals surface area contributed by atoms with Gasteiger partial charge in [0.2, 0.25) is 5.91 Å². The average molecular weight is 452 g/mol. The van der Waals surface area contributed by atoms with Crippen LogP contribution < -0.4 is 15.0 Å². The van der Waals surface area contributed by atoms with Gasteiger partial charge in [-0.25, -0.2) is 0 Å². The fourth-order valence-corrected chi connectivity index (χ4v) is 4.51. The van der Waals surface area contributed by atoms with Gasteiger partial charge in [0.05, 0.1) is 17.5 Å². The van der Waals surface area contributed by atoms with Gasteiger partial charge in [-0.2, -0.15) is 0 Å². The van der Waals surface area contributed by atoms with Crippen molar-refractivity contribution >= 4 is 35.0 Å². The molecule has 2 heterocycles. The van der Waals surface area contributed by atoms with Gasteiger partial charge in [-0.3, -0.25) is 14.5 Å². The summed E-state index contributed by atoms with van der Waals surface area (Å²) in [6.45, 7) is 5.83. The van der Waals surface area contributed by atoms with E-state index in [-0.39, 0.29) is 30.2 Å². The van der Waals surface area contributed by atoms with Crippen LogP contribution in [0.15, 0.2) is 47.6 Å². The number of fused-ring (bicyclic) bond motifs is 1. The van der Waals surface area contributed by atoms with E-state index in [0.29, 0.717) is 22.4 Å². The number of nitrogens with one attached hydrogen (secondary N) is 1. The summed E-state index contributed by atoms with van der Waals surface area (Å²) >= 11 is 1.31. The molecule has 1 unspecified atom stereocenters. The molecule has 0 saturated heterocycles. The molecule has 1 atom stereocenters. The van der Waals surface area contributed by atoms with Crippen LogP contribution in [0, 0.1) is 13.8 Å². The van der Waals surface area contributed by atoms with Gasteiger partial charge in [-0.15, -0.1) is 10.2 Å². The van der Waals surface area contributed by atoms with Crippen LogP contribution in [0.3, 0.4) is 0 Å². The van der Waals surface area contributed by atoms with Crippen molar-refractivity contribution < 1.29 is 14.3 Å². The van der Waals surface area contributed by atoms with E-state index in [1.807, 2.05) is 74.9 Å². The van der Waals surface area contributed by atoms with Crippen LogP contribution in [0.2, 0.25) is 0 Å². The number of para-hydroxylation sites is 3. The third-order valence-corrected chi connectivity index (χ3v) is 6.47. The van der Waals surface area contributed by atoms with Gasteiger partial charge in [0.1, 0.15) is 5.75 Å². The predicted octanol–water partition coefficient (Wildman–Crippen LogP) is 3.65. The lowest BCUT2D eigenvalue weighted by molar-refractivity contribution is -0.121. The lowest BCUT2D eigenvalue weighted by atomic mass is 10.1. The fraction of sp³-hybridized carbons (Fsp3) is 0.304. The third kappa shape index (κ3) is 4.20. The SMILES string of the molecule is Cc1cccc(C)c1NC(=O)CSc1nnc(C(C)N2C(=O)COc3ccccc32)n1C. The van der Waals surface area contributed by atoms with Gasteiger partial charge in [-0.05, 0) is 44.0 Å². The molecule has 8 nitrogen and oxygen atoms in total. The van der Waals surface area contributed by atoms with E-state index in [9.17, 15) is 9.59 Å². The largest absolute Gasteiger partial charge is 0.482 e. The summed E-state index contributed by atoms with van der Waals surface area (Å²) in [5.41, 5.74) is 3.60. The molecule has 0 aliphatic carbocycles. The van der Waals surface area contributed by atoms with Crippen molar-refractivity contribution in [2.24, 2.45) is 7.05 Å². The smallest absolute Gasteiger partial charge is 0.265 e. The van der Waals surface area contributed by atoms with Gasteiger partial charge in [0, 0.05) is 12.7 Å². The monoisotopic (exact) mass is 451 g/mol. The molecule has 0 bridgehead atoms. The Kier molecular flexibility index (Phi) is 6.18. The van der Waals surface area contributed by atoms with E-state index in [1.165, 1.54) is 11.8 Å². The number of aryl methyl sites for hydroxylation is 2. The molecule has 0 spiro atoms. The van der Waals surface area contributed by atoms with Crippen LogP contribution in [0.4, 0.5) is 11.4 Å². The van der Waals surface area contributed by atoms with Gasteiger partial charge in [-0.1, -0.05) is 42.1 Å². The molecule has 1 aromatic heterocycles. The summed E-state index contributed by atoms with van der Waals surface area (Å²) < 4.78 is 7.36. The number of benzene rings is 2. The van der Waals surface area contributed by atoms with Crippen molar-refractivity contribution in [3.05, 3.63) is 59.4 Å². The molecule has 3 aromatic rings. The highest BCUT2D eigenvalue weighted by atomic mass is 32.2. The second-order valence-corrected chi connectivity index (χ2v) is 8.64. The van der Waals surface area contributed by atoms with Crippen LogP contribution in [-0.4, -0.2) is 38.9 Å². The van der Waals surface area contributed by atoms with E-state index < -0.39 is 0 Å². The first-order chi connectivity index (χ1) is 15.4. The van der Waals surface area contributed by atoms with Crippen molar-refractivity contribution in [2.45, 2.75) is 32.0 Å². The van der Waals surface area contributed by atoms with Crippen LogP contribution in [0.25, 0.3) is 0 Å². The summed E-state index contributed by atoms with van der Waals surface area (Å²) in [6, 6.07) is 13.0. The fourth-order valence-electron chi connectivity index (χ4n) is 3.79. The summed E-state index contributed by atoms with van der Waals surface area (Å²) in [6.07, 6.45) is 0. The minimum Gasteiger partial charge on any atom is -0.482 e. The Balaban J connectivity index is 1.47. The van der Waals surface area contributed by atoms with Gasteiger partial charge < -0.3 is 14.6 Å². The number of amides is 2. The van der Waals surface area contributed by atoms with Gasteiger partial charge in [0.15, 0.2) is 17.6 Å². The number of aromatic nitrogens is 3. The van der Waals surface area contributed by atoms with E-state index in [0.717, 1.165) is 16.8 Å². The quantitative estimate of drug-likeness (QED) is 0.576. The number of thioether (sulfide) groups is 1. The van der Waals surface area contributed by atoms with Crippen molar-refractivity contribution in [3.8, 4) is 5.75 Å². The van der Waals surface area contributed by atoms with Gasteiger partial charge >= 0.3 is 0 Å². The minimum absolute atomic E-state index is 0.0146. The maximum atomic E-state index is 12.6. The molecule has 4 rings (SSSR count). The molecule has 2 aromatic carbocycles. The van der Waals surface area contributed by atoms with Crippen LogP contribution >= 0.6 is 11.8 Å². The Hall–Kier alpha value is -3.33. The molecular formula is C23H25N5O3S. The number of nitrogens with zero attached hydrogens (tertiary/aromatic N) is 4. The molecule has 1 N–H and O–H groups in total. The Morgan fingerprint density at radius 2 is 1.88 bits per heavy atom. The number of rotatable bonds is 6. The van der Waals surface area contributed by atoms with Crippen molar-refractivity contribution in [1.29, 1.82) is 0 Å². The third-order valence-electron chi connectivity index (χ3n) is 5.45. The number of hydrogen-bond acceptors (Lipinski definition) is 6. The van der Waals surface area contributed by atoms with Crippen LogP contribution in [-0.2, 0) is 16.6 Å². The normalized spacial score (nSPS) is 14.0. The zero-order valence-electron chi connectivity index (χ0n) is 18.5. The summed E-state index contributed by atoms with van der Waals surface area (Å²) in [5, 5.41) is 12.2. The molecule has 0 fully saturated rings.